The van der Waals surface area contributed by atoms with Gasteiger partial charge < -0.3 is 5.32 Å². The minimum Gasteiger partial charge on any atom is -0.345 e. The minimum absolute atomic E-state index is 0.306. The van der Waals surface area contributed by atoms with Crippen molar-refractivity contribution in [2.24, 2.45) is 0 Å². The van der Waals surface area contributed by atoms with Crippen molar-refractivity contribution in [1.29, 1.82) is 0 Å². The normalized spacial score (nSPS) is 16.2. The van der Waals surface area contributed by atoms with Gasteiger partial charge in [0.15, 0.2) is 0 Å². The average Bonchev–Trinajstić information content (AvgIpc) is 3.23. The second kappa shape index (κ2) is 5.96. The Hall–Kier alpha value is -1.89. The van der Waals surface area contributed by atoms with Gasteiger partial charge in [0.2, 0.25) is 0 Å². The van der Waals surface area contributed by atoms with Crippen LogP contribution in [0.5, 0.6) is 0 Å². The first-order valence-corrected chi connectivity index (χ1v) is 8.10. The van der Waals surface area contributed by atoms with Crippen LogP contribution in [-0.4, -0.2) is 10.9 Å². The van der Waals surface area contributed by atoms with Crippen LogP contribution < -0.4 is 5.32 Å². The zero-order chi connectivity index (χ0) is 16.6. The van der Waals surface area contributed by atoms with Gasteiger partial charge in [0, 0.05) is 5.92 Å². The fourth-order valence-corrected chi connectivity index (χ4v) is 3.24. The Morgan fingerprint density at radius 2 is 2.13 bits per heavy atom. The van der Waals surface area contributed by atoms with Crippen LogP contribution in [0.2, 0.25) is 0 Å². The summed E-state index contributed by atoms with van der Waals surface area (Å²) in [6.07, 6.45) is -0.645. The highest BCUT2D eigenvalue weighted by molar-refractivity contribution is 7.13. The lowest BCUT2D eigenvalue weighted by Crippen LogP contribution is -2.26. The van der Waals surface area contributed by atoms with Crippen LogP contribution in [0.15, 0.2) is 30.5 Å². The van der Waals surface area contributed by atoms with Crippen LogP contribution in [-0.2, 0) is 6.18 Å². The highest BCUT2D eigenvalue weighted by Gasteiger charge is 2.31. The molecule has 7 heteroatoms. The molecule has 1 aromatic heterocycles. The van der Waals surface area contributed by atoms with Gasteiger partial charge in [-0.1, -0.05) is 12.1 Å². The number of nitrogens with zero attached hydrogens (tertiary/aromatic N) is 1. The molecule has 0 radical (unpaired) electrons. The Kier molecular flexibility index (Phi) is 4.14. The summed E-state index contributed by atoms with van der Waals surface area (Å²) in [5.41, 5.74) is -0.301. The second-order valence-corrected chi connectivity index (χ2v) is 6.72. The molecule has 1 heterocycles. The topological polar surface area (TPSA) is 42.0 Å². The highest BCUT2D eigenvalue weighted by Crippen LogP contribution is 2.41. The molecule has 0 saturated heterocycles. The van der Waals surface area contributed by atoms with E-state index >= 15 is 0 Å². The van der Waals surface area contributed by atoms with E-state index < -0.39 is 17.8 Å². The number of aromatic nitrogens is 1. The summed E-state index contributed by atoms with van der Waals surface area (Å²) in [7, 11) is 0. The lowest BCUT2D eigenvalue weighted by molar-refractivity contribution is -0.137. The Labute approximate surface area is 135 Å². The summed E-state index contributed by atoms with van der Waals surface area (Å²) in [6.45, 7) is 1.66. The monoisotopic (exact) mass is 340 g/mol. The molecule has 1 atom stereocenters. The standard InChI is InChI=1S/C16H15F3N2OS/c1-9(11-3-2-4-12(7-11)16(17,18)19)21-14(22)13-8-20-15(23-13)10-5-6-10/h2-4,7-10H,5-6H2,1H3,(H,21,22). The van der Waals surface area contributed by atoms with E-state index in [0.29, 0.717) is 16.4 Å². The maximum atomic E-state index is 12.7. The smallest absolute Gasteiger partial charge is 0.345 e. The van der Waals surface area contributed by atoms with Crippen molar-refractivity contribution in [2.75, 3.05) is 0 Å². The van der Waals surface area contributed by atoms with E-state index in [1.54, 1.807) is 13.0 Å². The molecule has 1 amide bonds. The molecule has 0 spiro atoms. The number of thiazole rings is 1. The third-order valence-electron chi connectivity index (χ3n) is 3.74. The van der Waals surface area contributed by atoms with Gasteiger partial charge in [0.05, 0.1) is 22.8 Å². The largest absolute Gasteiger partial charge is 0.416 e. The number of halogens is 3. The van der Waals surface area contributed by atoms with E-state index in [2.05, 4.69) is 10.3 Å². The van der Waals surface area contributed by atoms with Crippen LogP contribution in [0.1, 0.15) is 57.5 Å². The number of rotatable bonds is 4. The van der Waals surface area contributed by atoms with Crippen molar-refractivity contribution < 1.29 is 18.0 Å². The first-order chi connectivity index (χ1) is 10.8. The third kappa shape index (κ3) is 3.72. The van der Waals surface area contributed by atoms with Gasteiger partial charge in [-0.2, -0.15) is 13.2 Å². The second-order valence-electron chi connectivity index (χ2n) is 5.66. The first kappa shape index (κ1) is 16.0. The lowest BCUT2D eigenvalue weighted by atomic mass is 10.0. The maximum Gasteiger partial charge on any atom is 0.416 e. The van der Waals surface area contributed by atoms with E-state index in [1.165, 1.54) is 23.6 Å². The molecule has 1 aliphatic carbocycles. The van der Waals surface area contributed by atoms with E-state index in [1.807, 2.05) is 0 Å². The molecule has 23 heavy (non-hydrogen) atoms. The van der Waals surface area contributed by atoms with Crippen molar-refractivity contribution in [3.8, 4) is 0 Å². The van der Waals surface area contributed by atoms with Crippen LogP contribution in [0, 0.1) is 0 Å². The number of alkyl halides is 3. The van der Waals surface area contributed by atoms with E-state index in [-0.39, 0.29) is 5.91 Å². The minimum atomic E-state index is -4.39. The molecule has 3 rings (SSSR count). The van der Waals surface area contributed by atoms with E-state index in [9.17, 15) is 18.0 Å². The number of hydrogen-bond donors (Lipinski definition) is 1. The summed E-state index contributed by atoms with van der Waals surface area (Å²) in [5.74, 6) is 0.168. The van der Waals surface area contributed by atoms with Gasteiger partial charge in [-0.3, -0.25) is 4.79 Å². The highest BCUT2D eigenvalue weighted by atomic mass is 32.1. The molecule has 1 N–H and O–H groups in total. The van der Waals surface area contributed by atoms with Crippen molar-refractivity contribution in [3.63, 3.8) is 0 Å². The molecule has 1 unspecified atom stereocenters. The van der Waals surface area contributed by atoms with Crippen molar-refractivity contribution in [3.05, 3.63) is 51.5 Å². The number of hydrogen-bond acceptors (Lipinski definition) is 3. The van der Waals surface area contributed by atoms with Gasteiger partial charge in [0.25, 0.3) is 5.91 Å². The van der Waals surface area contributed by atoms with Gasteiger partial charge in [-0.05, 0) is 37.5 Å². The molecule has 1 saturated carbocycles. The van der Waals surface area contributed by atoms with Crippen LogP contribution in [0.3, 0.4) is 0 Å². The Morgan fingerprint density at radius 1 is 1.39 bits per heavy atom. The fourth-order valence-electron chi connectivity index (χ4n) is 2.25. The number of nitrogens with one attached hydrogen (secondary N) is 1. The predicted octanol–water partition coefficient (Wildman–Crippen LogP) is 4.53. The van der Waals surface area contributed by atoms with Gasteiger partial charge >= 0.3 is 6.18 Å². The van der Waals surface area contributed by atoms with Crippen LogP contribution in [0.4, 0.5) is 13.2 Å². The number of carbonyl (C=O) groups excluding carboxylic acids is 1. The zero-order valence-electron chi connectivity index (χ0n) is 12.4. The molecule has 3 nitrogen and oxygen atoms in total. The summed E-state index contributed by atoms with van der Waals surface area (Å²) in [6, 6.07) is 4.48. The number of carbonyl (C=O) groups is 1. The summed E-state index contributed by atoms with van der Waals surface area (Å²) >= 11 is 1.35. The lowest BCUT2D eigenvalue weighted by Gasteiger charge is -2.15. The average molecular weight is 340 g/mol. The Morgan fingerprint density at radius 3 is 2.78 bits per heavy atom. The summed E-state index contributed by atoms with van der Waals surface area (Å²) in [5, 5.41) is 3.69. The quantitative estimate of drug-likeness (QED) is 0.888. The van der Waals surface area contributed by atoms with Crippen LogP contribution >= 0.6 is 11.3 Å². The molecule has 1 fully saturated rings. The van der Waals surface area contributed by atoms with E-state index in [0.717, 1.165) is 30.0 Å². The van der Waals surface area contributed by atoms with E-state index in [4.69, 9.17) is 0 Å². The van der Waals surface area contributed by atoms with Gasteiger partial charge in [0.1, 0.15) is 4.88 Å². The molecule has 1 aromatic carbocycles. The van der Waals surface area contributed by atoms with Crippen LogP contribution in [0.25, 0.3) is 0 Å². The zero-order valence-corrected chi connectivity index (χ0v) is 13.2. The van der Waals surface area contributed by atoms with Crippen molar-refractivity contribution in [1.82, 2.24) is 10.3 Å². The molecular weight excluding hydrogens is 325 g/mol. The SMILES string of the molecule is CC(NC(=O)c1cnc(C2CC2)s1)c1cccc(C(F)(F)F)c1. The molecule has 122 valence electrons. The summed E-state index contributed by atoms with van der Waals surface area (Å²) < 4.78 is 38.2. The Bertz CT molecular complexity index is 722. The van der Waals surface area contributed by atoms with Crippen molar-refractivity contribution in [2.45, 2.75) is 37.9 Å². The first-order valence-electron chi connectivity index (χ1n) is 7.28. The molecule has 0 aliphatic heterocycles. The summed E-state index contributed by atoms with van der Waals surface area (Å²) in [4.78, 5) is 16.9. The molecule has 1 aliphatic rings. The number of benzene rings is 1. The molecule has 2 aromatic rings. The third-order valence-corrected chi connectivity index (χ3v) is 4.89. The predicted molar refractivity (Wildman–Crippen MR) is 81.4 cm³/mol. The van der Waals surface area contributed by atoms with Gasteiger partial charge in [-0.15, -0.1) is 11.3 Å². The van der Waals surface area contributed by atoms with Crippen molar-refractivity contribution >= 4 is 17.2 Å². The molecular formula is C16H15F3N2OS. The fraction of sp³-hybridized carbons (Fsp3) is 0.375. The maximum absolute atomic E-state index is 12.7. The Balaban J connectivity index is 1.70. The molecule has 0 bridgehead atoms. The van der Waals surface area contributed by atoms with Gasteiger partial charge in [-0.25, -0.2) is 4.98 Å². The number of amides is 1.